The molecule has 29 heavy (non-hydrogen) atoms. The highest BCUT2D eigenvalue weighted by Crippen LogP contribution is 2.26. The first kappa shape index (κ1) is 18.1. The maximum absolute atomic E-state index is 13.7. The number of piperazine rings is 1. The highest BCUT2D eigenvalue weighted by molar-refractivity contribution is 7.15. The number of aromatic nitrogens is 4. The third-order valence-corrected chi connectivity index (χ3v) is 5.83. The molecule has 0 unspecified atom stereocenters. The molecule has 4 heterocycles. The minimum absolute atomic E-state index is 0.0772. The fraction of sp³-hybridized carbons (Fsp3) is 0.263. The zero-order chi connectivity index (χ0) is 20.0. The Kier molecular flexibility index (Phi) is 4.44. The molecule has 7 nitrogen and oxygen atoms in total. The van der Waals surface area contributed by atoms with Crippen molar-refractivity contribution in [2.24, 2.45) is 0 Å². The SMILES string of the molecule is O=c1cc(CN2CCN(c3ncnc4cc(F)c(F)cc34)CC2)nc2sccn12. The number of rotatable bonds is 3. The molecule has 0 saturated carbocycles. The molecule has 0 bridgehead atoms. The third kappa shape index (κ3) is 3.34. The molecule has 1 fully saturated rings. The van der Waals surface area contributed by atoms with Crippen LogP contribution in [0, 0.1) is 11.6 Å². The molecule has 1 aromatic carbocycles. The Morgan fingerprint density at radius 3 is 2.66 bits per heavy atom. The smallest absolute Gasteiger partial charge is 0.258 e. The van der Waals surface area contributed by atoms with Gasteiger partial charge in [-0.3, -0.25) is 14.1 Å². The van der Waals surface area contributed by atoms with Crippen LogP contribution < -0.4 is 10.5 Å². The molecule has 3 aromatic heterocycles. The van der Waals surface area contributed by atoms with Gasteiger partial charge in [0, 0.05) is 61.8 Å². The molecular weight excluding hydrogens is 398 g/mol. The van der Waals surface area contributed by atoms with E-state index in [-0.39, 0.29) is 5.56 Å². The first-order valence-corrected chi connectivity index (χ1v) is 9.99. The fourth-order valence-electron chi connectivity index (χ4n) is 3.61. The van der Waals surface area contributed by atoms with Gasteiger partial charge < -0.3 is 4.90 Å². The largest absolute Gasteiger partial charge is 0.353 e. The van der Waals surface area contributed by atoms with Gasteiger partial charge in [-0.05, 0) is 6.07 Å². The molecular formula is C19H16F2N6OS. The van der Waals surface area contributed by atoms with Crippen LogP contribution in [0.5, 0.6) is 0 Å². The van der Waals surface area contributed by atoms with Crippen LogP contribution in [0.3, 0.4) is 0 Å². The Morgan fingerprint density at radius 2 is 1.83 bits per heavy atom. The average Bonchev–Trinajstić information content (AvgIpc) is 3.18. The van der Waals surface area contributed by atoms with E-state index in [0.717, 1.165) is 30.9 Å². The van der Waals surface area contributed by atoms with E-state index in [0.29, 0.717) is 41.3 Å². The highest BCUT2D eigenvalue weighted by atomic mass is 32.1. The Bertz CT molecular complexity index is 1260. The van der Waals surface area contributed by atoms with Crippen molar-refractivity contribution in [1.82, 2.24) is 24.3 Å². The summed E-state index contributed by atoms with van der Waals surface area (Å²) in [6.45, 7) is 3.40. The fourth-order valence-corrected chi connectivity index (χ4v) is 4.34. The van der Waals surface area contributed by atoms with Crippen molar-refractivity contribution < 1.29 is 8.78 Å². The lowest BCUT2D eigenvalue weighted by molar-refractivity contribution is 0.247. The standard InChI is InChI=1S/C19H16F2N6OS/c20-14-8-13-16(9-15(14)21)22-11-23-18(13)26-3-1-25(2-4-26)10-12-7-17(28)27-5-6-29-19(27)24-12/h5-9,11H,1-4,10H2. The van der Waals surface area contributed by atoms with Gasteiger partial charge in [0.1, 0.15) is 12.1 Å². The molecule has 1 saturated heterocycles. The Balaban J connectivity index is 1.33. The van der Waals surface area contributed by atoms with E-state index in [1.807, 2.05) is 10.3 Å². The van der Waals surface area contributed by atoms with Gasteiger partial charge in [-0.2, -0.15) is 0 Å². The lowest BCUT2D eigenvalue weighted by Crippen LogP contribution is -2.46. The van der Waals surface area contributed by atoms with Gasteiger partial charge in [0.15, 0.2) is 16.6 Å². The summed E-state index contributed by atoms with van der Waals surface area (Å²) in [5.41, 5.74) is 1.05. The van der Waals surface area contributed by atoms with E-state index in [1.54, 1.807) is 12.3 Å². The number of hydrogen-bond donors (Lipinski definition) is 0. The summed E-state index contributed by atoms with van der Waals surface area (Å²) in [5.74, 6) is -1.23. The highest BCUT2D eigenvalue weighted by Gasteiger charge is 2.21. The maximum atomic E-state index is 13.7. The number of nitrogens with zero attached hydrogens (tertiary/aromatic N) is 6. The first-order valence-electron chi connectivity index (χ1n) is 9.11. The van der Waals surface area contributed by atoms with E-state index in [9.17, 15) is 13.6 Å². The monoisotopic (exact) mass is 414 g/mol. The van der Waals surface area contributed by atoms with E-state index in [4.69, 9.17) is 0 Å². The van der Waals surface area contributed by atoms with Crippen molar-refractivity contribution in [2.75, 3.05) is 31.1 Å². The number of hydrogen-bond acceptors (Lipinski definition) is 7. The number of anilines is 1. The van der Waals surface area contributed by atoms with Crippen LogP contribution in [0.25, 0.3) is 15.9 Å². The van der Waals surface area contributed by atoms with Crippen molar-refractivity contribution in [1.29, 1.82) is 0 Å². The summed E-state index contributed by atoms with van der Waals surface area (Å²) in [7, 11) is 0. The maximum Gasteiger partial charge on any atom is 0.258 e. The molecule has 0 spiro atoms. The summed E-state index contributed by atoms with van der Waals surface area (Å²) in [5, 5.41) is 2.34. The third-order valence-electron chi connectivity index (χ3n) is 5.07. The number of benzene rings is 1. The predicted octanol–water partition coefficient (Wildman–Crippen LogP) is 2.30. The summed E-state index contributed by atoms with van der Waals surface area (Å²) in [6, 6.07) is 3.82. The van der Waals surface area contributed by atoms with Gasteiger partial charge >= 0.3 is 0 Å². The Morgan fingerprint density at radius 1 is 1.03 bits per heavy atom. The molecule has 5 rings (SSSR count). The van der Waals surface area contributed by atoms with Crippen molar-refractivity contribution in [3.8, 4) is 0 Å². The molecule has 0 atom stereocenters. The minimum atomic E-state index is -0.918. The van der Waals surface area contributed by atoms with Crippen molar-refractivity contribution in [3.63, 3.8) is 0 Å². The quantitative estimate of drug-likeness (QED) is 0.513. The van der Waals surface area contributed by atoms with E-state index in [1.165, 1.54) is 22.1 Å². The van der Waals surface area contributed by atoms with Gasteiger partial charge in [-0.15, -0.1) is 11.3 Å². The van der Waals surface area contributed by atoms with Crippen LogP contribution >= 0.6 is 11.3 Å². The molecule has 4 aromatic rings. The summed E-state index contributed by atoms with van der Waals surface area (Å²) in [6.07, 6.45) is 3.09. The molecule has 1 aliphatic rings. The van der Waals surface area contributed by atoms with Crippen molar-refractivity contribution >= 4 is 33.0 Å². The molecule has 10 heteroatoms. The lowest BCUT2D eigenvalue weighted by Gasteiger charge is -2.35. The molecule has 1 aliphatic heterocycles. The second kappa shape index (κ2) is 7.12. The van der Waals surface area contributed by atoms with E-state index in [2.05, 4.69) is 19.9 Å². The summed E-state index contributed by atoms with van der Waals surface area (Å²) >= 11 is 1.43. The zero-order valence-corrected chi connectivity index (χ0v) is 16.1. The van der Waals surface area contributed by atoms with Crippen LogP contribution in [0.1, 0.15) is 5.69 Å². The predicted molar refractivity (Wildman–Crippen MR) is 106 cm³/mol. The first-order chi connectivity index (χ1) is 14.1. The van der Waals surface area contributed by atoms with Crippen LogP contribution in [0.15, 0.2) is 40.9 Å². The molecule has 0 amide bonds. The van der Waals surface area contributed by atoms with E-state index < -0.39 is 11.6 Å². The average molecular weight is 414 g/mol. The van der Waals surface area contributed by atoms with Gasteiger partial charge in [-0.1, -0.05) is 0 Å². The second-order valence-electron chi connectivity index (χ2n) is 6.89. The Hall–Kier alpha value is -2.98. The normalized spacial score (nSPS) is 15.4. The van der Waals surface area contributed by atoms with Crippen molar-refractivity contribution in [3.05, 3.63) is 63.8 Å². The Labute approximate surface area is 167 Å². The molecule has 0 radical (unpaired) electrons. The van der Waals surface area contributed by atoms with Crippen LogP contribution in [0.2, 0.25) is 0 Å². The summed E-state index contributed by atoms with van der Waals surface area (Å²) < 4.78 is 28.8. The van der Waals surface area contributed by atoms with Gasteiger partial charge in [0.2, 0.25) is 0 Å². The van der Waals surface area contributed by atoms with Crippen LogP contribution in [-0.2, 0) is 6.54 Å². The minimum Gasteiger partial charge on any atom is -0.353 e. The number of thiazole rings is 1. The van der Waals surface area contributed by atoms with Gasteiger partial charge in [-0.25, -0.2) is 23.7 Å². The van der Waals surface area contributed by atoms with Crippen LogP contribution in [-0.4, -0.2) is 50.4 Å². The molecule has 148 valence electrons. The molecule has 0 N–H and O–H groups in total. The molecule has 0 aliphatic carbocycles. The van der Waals surface area contributed by atoms with Crippen molar-refractivity contribution in [2.45, 2.75) is 6.54 Å². The summed E-state index contributed by atoms with van der Waals surface area (Å²) in [4.78, 5) is 30.0. The number of halogens is 2. The topological polar surface area (TPSA) is 66.6 Å². The van der Waals surface area contributed by atoms with Gasteiger partial charge in [0.05, 0.1) is 11.2 Å². The number of fused-ring (bicyclic) bond motifs is 2. The van der Waals surface area contributed by atoms with Crippen LogP contribution in [0.4, 0.5) is 14.6 Å². The second-order valence-corrected chi connectivity index (χ2v) is 7.76. The van der Waals surface area contributed by atoms with E-state index >= 15 is 0 Å². The zero-order valence-electron chi connectivity index (χ0n) is 15.3. The van der Waals surface area contributed by atoms with Gasteiger partial charge in [0.25, 0.3) is 5.56 Å². The lowest BCUT2D eigenvalue weighted by atomic mass is 10.2.